The van der Waals surface area contributed by atoms with Crippen LogP contribution in [0.3, 0.4) is 0 Å². The first kappa shape index (κ1) is 9.59. The number of thiocarbonyl (C=S) groups is 1. The number of hydrogen-bond donors (Lipinski definition) is 0. The van der Waals surface area contributed by atoms with Crippen molar-refractivity contribution in [3.05, 3.63) is 0 Å². The Balaban J connectivity index is 4.16. The molecular formula is C3H6O3PS2-. The van der Waals surface area contributed by atoms with E-state index in [0.29, 0.717) is 0 Å². The van der Waals surface area contributed by atoms with Gasteiger partial charge in [-0.05, 0) is 6.26 Å². The first-order chi connectivity index (χ1) is 4.04. The molecule has 0 aromatic rings. The molecule has 0 bridgehead atoms. The van der Waals surface area contributed by atoms with Crippen molar-refractivity contribution in [2.75, 3.05) is 13.4 Å². The molecule has 1 unspecified atom stereocenters. The fourth-order valence-electron chi connectivity index (χ4n) is 0.186. The van der Waals surface area contributed by atoms with Gasteiger partial charge in [0.2, 0.25) is 0 Å². The van der Waals surface area contributed by atoms with Gasteiger partial charge in [0.15, 0.2) is 7.60 Å². The standard InChI is InChI=1S/C3H7O3PS2/c1-6-7(4,5)3(8)9-2/h1-2H3,(H,4,5)/p-1. The average molecular weight is 185 g/mol. The Morgan fingerprint density at radius 2 is 2.33 bits per heavy atom. The number of thioether (sulfide) groups is 1. The molecule has 0 radical (unpaired) electrons. The summed E-state index contributed by atoms with van der Waals surface area (Å²) in [6, 6.07) is 0. The highest BCUT2D eigenvalue weighted by molar-refractivity contribution is 8.34. The molecule has 0 spiro atoms. The molecule has 0 aliphatic heterocycles. The van der Waals surface area contributed by atoms with E-state index >= 15 is 0 Å². The third-order valence-electron chi connectivity index (χ3n) is 0.639. The molecule has 0 aromatic carbocycles. The lowest BCUT2D eigenvalue weighted by Gasteiger charge is -2.19. The number of hydrogen-bond acceptors (Lipinski definition) is 5. The monoisotopic (exact) mass is 185 g/mol. The Kier molecular flexibility index (Phi) is 3.93. The van der Waals surface area contributed by atoms with E-state index in [9.17, 15) is 9.46 Å². The lowest BCUT2D eigenvalue weighted by atomic mass is 11.8. The summed E-state index contributed by atoms with van der Waals surface area (Å²) in [5, 5.41) is 0. The fraction of sp³-hybridized carbons (Fsp3) is 0.667. The molecule has 3 nitrogen and oxygen atoms in total. The molecule has 1 atom stereocenters. The minimum atomic E-state index is -3.82. The van der Waals surface area contributed by atoms with Crippen LogP contribution in [0.4, 0.5) is 0 Å². The summed E-state index contributed by atoms with van der Waals surface area (Å²) >= 11 is 5.44. The summed E-state index contributed by atoms with van der Waals surface area (Å²) in [4.78, 5) is 10.6. The van der Waals surface area contributed by atoms with Crippen molar-refractivity contribution in [3.8, 4) is 0 Å². The summed E-state index contributed by atoms with van der Waals surface area (Å²) in [6.45, 7) is 0. The van der Waals surface area contributed by atoms with Crippen LogP contribution in [0.25, 0.3) is 0 Å². The van der Waals surface area contributed by atoms with Gasteiger partial charge in [0.25, 0.3) is 0 Å². The quantitative estimate of drug-likeness (QED) is 0.471. The second-order valence-corrected chi connectivity index (χ2v) is 5.05. The van der Waals surface area contributed by atoms with Crippen molar-refractivity contribution in [1.82, 2.24) is 0 Å². The Bertz CT molecular complexity index is 157. The van der Waals surface area contributed by atoms with Crippen LogP contribution < -0.4 is 4.89 Å². The lowest BCUT2D eigenvalue weighted by molar-refractivity contribution is -0.189. The molecule has 0 aliphatic carbocycles. The van der Waals surface area contributed by atoms with Crippen molar-refractivity contribution in [2.24, 2.45) is 0 Å². The molecule has 9 heavy (non-hydrogen) atoms. The second kappa shape index (κ2) is 3.68. The van der Waals surface area contributed by atoms with Gasteiger partial charge < -0.3 is 14.0 Å². The Hall–Kier alpha value is 0.590. The third kappa shape index (κ3) is 2.78. The molecule has 6 heteroatoms. The van der Waals surface area contributed by atoms with Crippen LogP contribution in [0.1, 0.15) is 0 Å². The predicted molar refractivity (Wildman–Crippen MR) is 40.7 cm³/mol. The van der Waals surface area contributed by atoms with E-state index in [1.54, 1.807) is 6.26 Å². The van der Waals surface area contributed by atoms with Crippen LogP contribution in [0, 0.1) is 0 Å². The lowest BCUT2D eigenvalue weighted by Crippen LogP contribution is -2.07. The zero-order chi connectivity index (χ0) is 7.49. The maximum atomic E-state index is 10.6. The third-order valence-corrected chi connectivity index (χ3v) is 4.31. The Morgan fingerprint density at radius 1 is 1.89 bits per heavy atom. The summed E-state index contributed by atoms with van der Waals surface area (Å²) < 4.78 is 14.6. The highest BCUT2D eigenvalue weighted by atomic mass is 32.2. The molecule has 0 N–H and O–H groups in total. The zero-order valence-electron chi connectivity index (χ0n) is 4.99. The normalized spacial score (nSPS) is 16.8. The van der Waals surface area contributed by atoms with E-state index < -0.39 is 7.60 Å². The van der Waals surface area contributed by atoms with Crippen LogP contribution in [-0.2, 0) is 9.09 Å². The van der Waals surface area contributed by atoms with Gasteiger partial charge in [-0.1, -0.05) is 12.2 Å². The van der Waals surface area contributed by atoms with Crippen molar-refractivity contribution < 1.29 is 14.0 Å². The zero-order valence-corrected chi connectivity index (χ0v) is 7.52. The van der Waals surface area contributed by atoms with Crippen molar-refractivity contribution >= 4 is 35.5 Å². The summed E-state index contributed by atoms with van der Waals surface area (Å²) in [6.07, 6.45) is 1.59. The molecule has 0 amide bonds. The van der Waals surface area contributed by atoms with E-state index in [0.717, 1.165) is 18.9 Å². The summed E-state index contributed by atoms with van der Waals surface area (Å²) in [5.74, 6) is 0. The van der Waals surface area contributed by atoms with Crippen LogP contribution in [0.5, 0.6) is 0 Å². The SMILES string of the molecule is COP(=O)([O-])C(=S)SC. The minimum Gasteiger partial charge on any atom is -0.774 e. The predicted octanol–water partition coefficient (Wildman–Crippen LogP) is 0.834. The highest BCUT2D eigenvalue weighted by Gasteiger charge is 2.10. The van der Waals surface area contributed by atoms with Crippen molar-refractivity contribution in [2.45, 2.75) is 0 Å². The molecule has 0 saturated heterocycles. The van der Waals surface area contributed by atoms with Gasteiger partial charge in [0.1, 0.15) is 3.94 Å². The molecule has 0 rings (SSSR count). The van der Waals surface area contributed by atoms with Crippen LogP contribution >= 0.6 is 31.6 Å². The van der Waals surface area contributed by atoms with E-state index in [4.69, 9.17) is 0 Å². The number of rotatable bonds is 2. The smallest absolute Gasteiger partial charge is 0.182 e. The molecule has 0 aromatic heterocycles. The highest BCUT2D eigenvalue weighted by Crippen LogP contribution is 2.41. The van der Waals surface area contributed by atoms with Gasteiger partial charge in [0.05, 0.1) is 0 Å². The molecule has 0 fully saturated rings. The Morgan fingerprint density at radius 3 is 2.44 bits per heavy atom. The van der Waals surface area contributed by atoms with Gasteiger partial charge in [-0.25, -0.2) is 0 Å². The summed E-state index contributed by atoms with van der Waals surface area (Å²) in [7, 11) is -2.73. The van der Waals surface area contributed by atoms with Crippen LogP contribution in [0.2, 0.25) is 0 Å². The van der Waals surface area contributed by atoms with Crippen LogP contribution in [-0.4, -0.2) is 17.3 Å². The van der Waals surface area contributed by atoms with E-state index in [1.165, 1.54) is 0 Å². The fourth-order valence-corrected chi connectivity index (χ4v) is 1.68. The minimum absolute atomic E-state index is 0.106. The molecule has 0 aliphatic rings. The maximum Gasteiger partial charge on any atom is 0.182 e. The largest absolute Gasteiger partial charge is 0.774 e. The Labute approximate surface area is 63.3 Å². The maximum absolute atomic E-state index is 10.6. The average Bonchev–Trinajstić information content (AvgIpc) is 1.86. The molecule has 0 saturated carbocycles. The molecule has 54 valence electrons. The molecular weight excluding hydrogens is 179 g/mol. The summed E-state index contributed by atoms with van der Waals surface area (Å²) in [5.41, 5.74) is 0. The first-order valence-corrected chi connectivity index (χ1v) is 5.17. The first-order valence-electron chi connectivity index (χ1n) is 2.00. The topological polar surface area (TPSA) is 49.4 Å². The van der Waals surface area contributed by atoms with E-state index in [2.05, 4.69) is 16.7 Å². The van der Waals surface area contributed by atoms with Gasteiger partial charge in [-0.3, -0.25) is 0 Å². The van der Waals surface area contributed by atoms with E-state index in [1.807, 2.05) is 0 Å². The van der Waals surface area contributed by atoms with Crippen LogP contribution in [0.15, 0.2) is 0 Å². The van der Waals surface area contributed by atoms with Crippen molar-refractivity contribution in [1.29, 1.82) is 0 Å². The second-order valence-electron chi connectivity index (χ2n) is 1.15. The van der Waals surface area contributed by atoms with E-state index in [-0.39, 0.29) is 3.94 Å². The van der Waals surface area contributed by atoms with Crippen molar-refractivity contribution in [3.63, 3.8) is 0 Å². The van der Waals surface area contributed by atoms with Gasteiger partial charge in [-0.2, -0.15) is 0 Å². The molecule has 0 heterocycles. The van der Waals surface area contributed by atoms with Gasteiger partial charge >= 0.3 is 0 Å². The van der Waals surface area contributed by atoms with Gasteiger partial charge in [0, 0.05) is 7.11 Å². The van der Waals surface area contributed by atoms with Gasteiger partial charge in [-0.15, -0.1) is 11.8 Å².